The van der Waals surface area contributed by atoms with Crippen LogP contribution in [-0.4, -0.2) is 28.8 Å². The molecule has 5 nitrogen and oxygen atoms in total. The number of nitrogens with zero attached hydrogens (tertiary/aromatic N) is 2. The number of amides is 2. The van der Waals surface area contributed by atoms with E-state index < -0.39 is 0 Å². The maximum absolute atomic E-state index is 12.4. The lowest BCUT2D eigenvalue weighted by atomic mass is 10.1. The molecule has 0 atom stereocenters. The van der Waals surface area contributed by atoms with Crippen LogP contribution in [0, 0.1) is 0 Å². The molecule has 25 heavy (non-hydrogen) atoms. The smallest absolute Gasteiger partial charge is 0.261 e. The molecule has 0 N–H and O–H groups in total. The van der Waals surface area contributed by atoms with E-state index in [4.69, 9.17) is 4.74 Å². The van der Waals surface area contributed by atoms with E-state index in [2.05, 4.69) is 4.98 Å². The number of methoxy groups -OCH3 is 1. The zero-order valence-electron chi connectivity index (χ0n) is 13.4. The molecule has 0 saturated carbocycles. The maximum atomic E-state index is 12.4. The Labute approximate surface area is 148 Å². The van der Waals surface area contributed by atoms with Gasteiger partial charge in [-0.15, -0.1) is 11.3 Å². The first-order valence-electron chi connectivity index (χ1n) is 7.71. The van der Waals surface area contributed by atoms with Crippen LogP contribution < -0.4 is 4.74 Å². The molecule has 0 aliphatic carbocycles. The molecular formula is C19H14N2O3S. The molecule has 0 radical (unpaired) electrons. The van der Waals surface area contributed by atoms with Crippen molar-refractivity contribution in [2.75, 3.05) is 7.11 Å². The van der Waals surface area contributed by atoms with Crippen molar-refractivity contribution >= 4 is 23.2 Å². The summed E-state index contributed by atoms with van der Waals surface area (Å²) in [4.78, 5) is 30.7. The van der Waals surface area contributed by atoms with Crippen molar-refractivity contribution in [2.24, 2.45) is 0 Å². The van der Waals surface area contributed by atoms with Crippen molar-refractivity contribution in [2.45, 2.75) is 6.54 Å². The number of ether oxygens (including phenoxy) is 1. The second-order valence-electron chi connectivity index (χ2n) is 5.62. The molecular weight excluding hydrogens is 336 g/mol. The van der Waals surface area contributed by atoms with Crippen LogP contribution in [0.5, 0.6) is 5.75 Å². The Morgan fingerprint density at radius 2 is 1.76 bits per heavy atom. The van der Waals surface area contributed by atoms with E-state index in [1.807, 2.05) is 29.6 Å². The summed E-state index contributed by atoms with van der Waals surface area (Å²) in [7, 11) is 1.62. The quantitative estimate of drug-likeness (QED) is 0.675. The predicted molar refractivity (Wildman–Crippen MR) is 94.7 cm³/mol. The van der Waals surface area contributed by atoms with Crippen LogP contribution >= 0.6 is 11.3 Å². The molecule has 2 aromatic carbocycles. The van der Waals surface area contributed by atoms with E-state index in [1.165, 1.54) is 16.2 Å². The fourth-order valence-corrected chi connectivity index (χ4v) is 3.62. The van der Waals surface area contributed by atoms with Crippen LogP contribution in [0.25, 0.3) is 10.6 Å². The van der Waals surface area contributed by atoms with Gasteiger partial charge in [0.25, 0.3) is 11.8 Å². The molecule has 2 heterocycles. The van der Waals surface area contributed by atoms with Crippen LogP contribution in [0.4, 0.5) is 0 Å². The molecule has 6 heteroatoms. The molecule has 0 fully saturated rings. The fraction of sp³-hybridized carbons (Fsp3) is 0.105. The van der Waals surface area contributed by atoms with Gasteiger partial charge in [0.1, 0.15) is 10.8 Å². The molecule has 124 valence electrons. The Balaban J connectivity index is 1.58. The number of carbonyl (C=O) groups excluding carboxylic acids is 2. The predicted octanol–water partition coefficient (Wildman–Crippen LogP) is 3.61. The number of hydrogen-bond donors (Lipinski definition) is 0. The summed E-state index contributed by atoms with van der Waals surface area (Å²) in [5.41, 5.74) is 2.54. The minimum absolute atomic E-state index is 0.173. The highest BCUT2D eigenvalue weighted by molar-refractivity contribution is 7.13. The van der Waals surface area contributed by atoms with Crippen molar-refractivity contribution < 1.29 is 14.3 Å². The lowest BCUT2D eigenvalue weighted by molar-refractivity contribution is 0.0640. The summed E-state index contributed by atoms with van der Waals surface area (Å²) in [6, 6.07) is 14.5. The van der Waals surface area contributed by atoms with Gasteiger partial charge in [0.2, 0.25) is 0 Å². The maximum Gasteiger partial charge on any atom is 0.261 e. The zero-order valence-corrected chi connectivity index (χ0v) is 14.2. The molecule has 0 unspecified atom stereocenters. The van der Waals surface area contributed by atoms with Gasteiger partial charge in [-0.25, -0.2) is 4.98 Å². The normalized spacial score (nSPS) is 13.2. The highest BCUT2D eigenvalue weighted by Crippen LogP contribution is 2.29. The lowest BCUT2D eigenvalue weighted by Crippen LogP contribution is -2.29. The molecule has 1 aromatic heterocycles. The van der Waals surface area contributed by atoms with Gasteiger partial charge < -0.3 is 4.74 Å². The average molecular weight is 350 g/mol. The number of fused-ring (bicyclic) bond motifs is 1. The van der Waals surface area contributed by atoms with Crippen LogP contribution in [0.2, 0.25) is 0 Å². The van der Waals surface area contributed by atoms with Gasteiger partial charge in [0.05, 0.1) is 30.5 Å². The fourth-order valence-electron chi connectivity index (χ4n) is 2.81. The first-order chi connectivity index (χ1) is 12.2. The summed E-state index contributed by atoms with van der Waals surface area (Å²) in [5, 5.41) is 2.70. The molecule has 4 rings (SSSR count). The minimum atomic E-state index is -0.267. The van der Waals surface area contributed by atoms with Gasteiger partial charge >= 0.3 is 0 Å². The van der Waals surface area contributed by atoms with Gasteiger partial charge in [0.15, 0.2) is 0 Å². The van der Waals surface area contributed by atoms with Crippen LogP contribution in [-0.2, 0) is 6.54 Å². The highest BCUT2D eigenvalue weighted by Gasteiger charge is 2.35. The first-order valence-corrected chi connectivity index (χ1v) is 8.59. The third kappa shape index (κ3) is 2.70. The monoisotopic (exact) mass is 350 g/mol. The van der Waals surface area contributed by atoms with E-state index in [0.29, 0.717) is 16.8 Å². The summed E-state index contributed by atoms with van der Waals surface area (Å²) in [6.45, 7) is 0.173. The van der Waals surface area contributed by atoms with Crippen molar-refractivity contribution in [3.05, 3.63) is 70.7 Å². The van der Waals surface area contributed by atoms with Crippen LogP contribution in [0.15, 0.2) is 53.9 Å². The van der Waals surface area contributed by atoms with E-state index in [9.17, 15) is 9.59 Å². The molecule has 0 bridgehead atoms. The number of rotatable bonds is 4. The van der Waals surface area contributed by atoms with Gasteiger partial charge in [-0.1, -0.05) is 24.3 Å². The zero-order chi connectivity index (χ0) is 17.4. The highest BCUT2D eigenvalue weighted by atomic mass is 32.1. The third-order valence-corrected chi connectivity index (χ3v) is 5.01. The Morgan fingerprint density at radius 1 is 1.04 bits per heavy atom. The minimum Gasteiger partial charge on any atom is -0.497 e. The summed E-state index contributed by atoms with van der Waals surface area (Å²) < 4.78 is 5.23. The van der Waals surface area contributed by atoms with E-state index in [1.54, 1.807) is 31.4 Å². The molecule has 0 spiro atoms. The van der Waals surface area contributed by atoms with Crippen molar-refractivity contribution in [1.82, 2.24) is 9.88 Å². The largest absolute Gasteiger partial charge is 0.497 e. The Kier molecular flexibility index (Phi) is 3.82. The van der Waals surface area contributed by atoms with E-state index in [-0.39, 0.29) is 18.4 Å². The van der Waals surface area contributed by atoms with Crippen LogP contribution in [0.3, 0.4) is 0 Å². The molecule has 1 aliphatic heterocycles. The second-order valence-corrected chi connectivity index (χ2v) is 6.48. The van der Waals surface area contributed by atoms with E-state index in [0.717, 1.165) is 16.3 Å². The van der Waals surface area contributed by atoms with Gasteiger partial charge in [-0.3, -0.25) is 14.5 Å². The number of hydrogen-bond acceptors (Lipinski definition) is 5. The number of carbonyl (C=O) groups is 2. The number of aromatic nitrogens is 1. The van der Waals surface area contributed by atoms with Crippen LogP contribution in [0.1, 0.15) is 26.4 Å². The topological polar surface area (TPSA) is 59.5 Å². The lowest BCUT2D eigenvalue weighted by Gasteiger charge is -2.11. The molecule has 0 saturated heterocycles. The summed E-state index contributed by atoms with van der Waals surface area (Å²) in [6.07, 6.45) is 0. The molecule has 2 amide bonds. The SMILES string of the molecule is COc1cccc(-c2nc(CN3C(=O)c4ccccc4C3=O)cs2)c1. The third-order valence-electron chi connectivity index (χ3n) is 4.07. The molecule has 3 aromatic rings. The van der Waals surface area contributed by atoms with Crippen molar-refractivity contribution in [3.63, 3.8) is 0 Å². The van der Waals surface area contributed by atoms with Crippen molar-refractivity contribution in [3.8, 4) is 16.3 Å². The number of imide groups is 1. The summed E-state index contributed by atoms with van der Waals surface area (Å²) >= 11 is 1.48. The Hall–Kier alpha value is -2.99. The van der Waals surface area contributed by atoms with Crippen molar-refractivity contribution in [1.29, 1.82) is 0 Å². The molecule has 1 aliphatic rings. The second kappa shape index (κ2) is 6.14. The Morgan fingerprint density at radius 3 is 2.44 bits per heavy atom. The Bertz CT molecular complexity index is 945. The van der Waals surface area contributed by atoms with Gasteiger partial charge in [-0.05, 0) is 24.3 Å². The van der Waals surface area contributed by atoms with E-state index >= 15 is 0 Å². The summed E-state index contributed by atoms with van der Waals surface area (Å²) in [5.74, 6) is 0.225. The first kappa shape index (κ1) is 15.5. The van der Waals surface area contributed by atoms with Gasteiger partial charge in [-0.2, -0.15) is 0 Å². The average Bonchev–Trinajstić information content (AvgIpc) is 3.22. The van der Waals surface area contributed by atoms with Gasteiger partial charge in [0, 0.05) is 10.9 Å². The number of benzene rings is 2. The number of thiazole rings is 1. The standard InChI is InChI=1S/C19H14N2O3S/c1-24-14-6-4-5-12(9-14)17-20-13(11-25-17)10-21-18(22)15-7-2-3-8-16(15)19(21)23/h2-9,11H,10H2,1H3.